The molecule has 2 aromatic rings. The fourth-order valence-electron chi connectivity index (χ4n) is 1.82. The number of fused-ring (bicyclic) bond motifs is 1. The minimum atomic E-state index is -0.792. The van der Waals surface area contributed by atoms with E-state index in [2.05, 4.69) is 26.6 Å². The molecule has 0 fully saturated rings. The van der Waals surface area contributed by atoms with E-state index in [1.807, 2.05) is 30.3 Å². The Bertz CT molecular complexity index is 688. The molecule has 1 atom stereocenters. The van der Waals surface area contributed by atoms with E-state index in [1.165, 1.54) is 7.05 Å². The summed E-state index contributed by atoms with van der Waals surface area (Å²) in [5.74, 6) is 0.0441. The van der Waals surface area contributed by atoms with Crippen LogP contribution in [0.3, 0.4) is 0 Å². The standard InChI is InChI=1S/C15H15BrN2O3/c1-9(14(19)18-15(20)17-2)21-12-8-7-10-5-3-4-6-11(10)13(12)16/h3-9H,1-2H3,(H2,17,18,19,20). The first-order chi connectivity index (χ1) is 10.0. The summed E-state index contributed by atoms with van der Waals surface area (Å²) in [7, 11) is 1.44. The lowest BCUT2D eigenvalue weighted by molar-refractivity contribution is -0.126. The first-order valence-electron chi connectivity index (χ1n) is 6.39. The van der Waals surface area contributed by atoms with Crippen molar-refractivity contribution in [2.45, 2.75) is 13.0 Å². The van der Waals surface area contributed by atoms with E-state index < -0.39 is 18.0 Å². The lowest BCUT2D eigenvalue weighted by Crippen LogP contribution is -2.44. The van der Waals surface area contributed by atoms with Crippen LogP contribution in [0, 0.1) is 0 Å². The quantitative estimate of drug-likeness (QED) is 0.894. The molecule has 0 aliphatic heterocycles. The molecular weight excluding hydrogens is 336 g/mol. The van der Waals surface area contributed by atoms with Gasteiger partial charge in [-0.2, -0.15) is 0 Å². The van der Waals surface area contributed by atoms with Crippen LogP contribution in [0.15, 0.2) is 40.9 Å². The first-order valence-corrected chi connectivity index (χ1v) is 7.18. The maximum absolute atomic E-state index is 11.8. The maximum Gasteiger partial charge on any atom is 0.321 e. The second-order valence-electron chi connectivity index (χ2n) is 4.43. The number of ether oxygens (including phenoxy) is 1. The normalized spacial score (nSPS) is 11.8. The molecule has 0 radical (unpaired) electrons. The topological polar surface area (TPSA) is 67.4 Å². The number of hydrogen-bond acceptors (Lipinski definition) is 3. The fourth-order valence-corrected chi connectivity index (χ4v) is 2.41. The predicted molar refractivity (Wildman–Crippen MR) is 84.3 cm³/mol. The molecule has 3 amide bonds. The lowest BCUT2D eigenvalue weighted by atomic mass is 10.1. The van der Waals surface area contributed by atoms with E-state index in [4.69, 9.17) is 4.74 Å². The molecule has 0 heterocycles. The average Bonchev–Trinajstić information content (AvgIpc) is 2.50. The Balaban J connectivity index is 2.18. The Hall–Kier alpha value is -2.08. The number of carbonyl (C=O) groups excluding carboxylic acids is 2. The second-order valence-corrected chi connectivity index (χ2v) is 5.22. The van der Waals surface area contributed by atoms with E-state index in [9.17, 15) is 9.59 Å². The molecule has 5 nitrogen and oxygen atoms in total. The molecule has 110 valence electrons. The summed E-state index contributed by atoms with van der Waals surface area (Å²) in [5.41, 5.74) is 0. The summed E-state index contributed by atoms with van der Waals surface area (Å²) < 4.78 is 6.40. The van der Waals surface area contributed by atoms with Gasteiger partial charge >= 0.3 is 6.03 Å². The van der Waals surface area contributed by atoms with Crippen LogP contribution in [-0.2, 0) is 4.79 Å². The van der Waals surface area contributed by atoms with E-state index in [-0.39, 0.29) is 0 Å². The number of benzene rings is 2. The summed E-state index contributed by atoms with van der Waals surface area (Å²) >= 11 is 3.49. The predicted octanol–water partition coefficient (Wildman–Crippen LogP) is 2.83. The maximum atomic E-state index is 11.8. The Morgan fingerprint density at radius 2 is 1.90 bits per heavy atom. The van der Waals surface area contributed by atoms with Crippen LogP contribution < -0.4 is 15.4 Å². The van der Waals surface area contributed by atoms with Crippen LogP contribution in [-0.4, -0.2) is 25.1 Å². The Kier molecular flexibility index (Phi) is 4.80. The summed E-state index contributed by atoms with van der Waals surface area (Å²) in [6, 6.07) is 11.0. The molecule has 0 aliphatic rings. The molecule has 0 aliphatic carbocycles. The Labute approximate surface area is 130 Å². The highest BCUT2D eigenvalue weighted by molar-refractivity contribution is 9.10. The monoisotopic (exact) mass is 350 g/mol. The molecule has 2 rings (SSSR count). The molecule has 0 saturated heterocycles. The van der Waals surface area contributed by atoms with Crippen LogP contribution >= 0.6 is 15.9 Å². The molecule has 1 unspecified atom stereocenters. The highest BCUT2D eigenvalue weighted by atomic mass is 79.9. The van der Waals surface area contributed by atoms with Crippen molar-refractivity contribution in [3.05, 3.63) is 40.9 Å². The van der Waals surface area contributed by atoms with E-state index in [0.717, 1.165) is 15.2 Å². The molecular formula is C15H15BrN2O3. The van der Waals surface area contributed by atoms with Crippen LogP contribution in [0.4, 0.5) is 4.79 Å². The van der Waals surface area contributed by atoms with Gasteiger partial charge < -0.3 is 10.1 Å². The van der Waals surface area contributed by atoms with E-state index in [1.54, 1.807) is 13.0 Å². The van der Waals surface area contributed by atoms with Gasteiger partial charge in [0.1, 0.15) is 5.75 Å². The third-order valence-electron chi connectivity index (χ3n) is 2.96. The van der Waals surface area contributed by atoms with Crippen molar-refractivity contribution in [1.29, 1.82) is 0 Å². The van der Waals surface area contributed by atoms with Crippen molar-refractivity contribution in [2.24, 2.45) is 0 Å². The third-order valence-corrected chi connectivity index (χ3v) is 3.78. The molecule has 6 heteroatoms. The third kappa shape index (κ3) is 3.52. The molecule has 0 spiro atoms. The van der Waals surface area contributed by atoms with Crippen molar-refractivity contribution in [3.63, 3.8) is 0 Å². The van der Waals surface area contributed by atoms with Crippen LogP contribution in [0.2, 0.25) is 0 Å². The smallest absolute Gasteiger partial charge is 0.321 e. The zero-order chi connectivity index (χ0) is 15.4. The zero-order valence-corrected chi connectivity index (χ0v) is 13.2. The molecule has 2 N–H and O–H groups in total. The van der Waals surface area contributed by atoms with Gasteiger partial charge in [0.05, 0.1) is 4.47 Å². The zero-order valence-electron chi connectivity index (χ0n) is 11.6. The van der Waals surface area contributed by atoms with Crippen LogP contribution in [0.1, 0.15) is 6.92 Å². The number of hydrogen-bond donors (Lipinski definition) is 2. The summed E-state index contributed by atoms with van der Waals surface area (Å²) in [6.07, 6.45) is -0.792. The van der Waals surface area contributed by atoms with Gasteiger partial charge in [-0.3, -0.25) is 10.1 Å². The highest BCUT2D eigenvalue weighted by Gasteiger charge is 2.18. The van der Waals surface area contributed by atoms with Crippen molar-refractivity contribution >= 4 is 38.6 Å². The van der Waals surface area contributed by atoms with E-state index >= 15 is 0 Å². The molecule has 21 heavy (non-hydrogen) atoms. The Morgan fingerprint density at radius 1 is 1.19 bits per heavy atom. The highest BCUT2D eigenvalue weighted by Crippen LogP contribution is 2.33. The second kappa shape index (κ2) is 6.58. The van der Waals surface area contributed by atoms with Gasteiger partial charge in [-0.05, 0) is 39.7 Å². The largest absolute Gasteiger partial charge is 0.480 e. The first kappa shape index (κ1) is 15.3. The number of carbonyl (C=O) groups is 2. The lowest BCUT2D eigenvalue weighted by Gasteiger charge is -2.16. The summed E-state index contributed by atoms with van der Waals surface area (Å²) in [6.45, 7) is 1.58. The van der Waals surface area contributed by atoms with Gasteiger partial charge in [0.15, 0.2) is 6.10 Å². The SMILES string of the molecule is CNC(=O)NC(=O)C(C)Oc1ccc2ccccc2c1Br. The molecule has 2 aromatic carbocycles. The van der Waals surface area contributed by atoms with Gasteiger partial charge in [-0.25, -0.2) is 4.79 Å². The van der Waals surface area contributed by atoms with Crippen molar-refractivity contribution < 1.29 is 14.3 Å². The van der Waals surface area contributed by atoms with Crippen molar-refractivity contribution in [3.8, 4) is 5.75 Å². The Morgan fingerprint density at radius 3 is 2.62 bits per heavy atom. The van der Waals surface area contributed by atoms with Crippen LogP contribution in [0.5, 0.6) is 5.75 Å². The van der Waals surface area contributed by atoms with Gasteiger partial charge in [-0.15, -0.1) is 0 Å². The van der Waals surface area contributed by atoms with Gasteiger partial charge in [0.2, 0.25) is 0 Å². The minimum Gasteiger partial charge on any atom is -0.480 e. The average molecular weight is 351 g/mol. The van der Waals surface area contributed by atoms with Gasteiger partial charge in [0, 0.05) is 7.05 Å². The summed E-state index contributed by atoms with van der Waals surface area (Å²) in [4.78, 5) is 22.9. The fraction of sp³-hybridized carbons (Fsp3) is 0.200. The van der Waals surface area contributed by atoms with Crippen molar-refractivity contribution in [1.82, 2.24) is 10.6 Å². The number of rotatable bonds is 3. The number of imide groups is 1. The van der Waals surface area contributed by atoms with Crippen molar-refractivity contribution in [2.75, 3.05) is 7.05 Å². The van der Waals surface area contributed by atoms with Gasteiger partial charge in [0.25, 0.3) is 5.91 Å². The molecule has 0 saturated carbocycles. The number of urea groups is 1. The number of halogens is 1. The number of amides is 3. The minimum absolute atomic E-state index is 0.505. The van der Waals surface area contributed by atoms with E-state index in [0.29, 0.717) is 5.75 Å². The summed E-state index contributed by atoms with van der Waals surface area (Å²) in [5, 5.41) is 6.55. The molecule has 0 bridgehead atoms. The van der Waals surface area contributed by atoms with Gasteiger partial charge in [-0.1, -0.05) is 30.3 Å². The number of nitrogens with one attached hydrogen (secondary N) is 2. The van der Waals surface area contributed by atoms with Crippen LogP contribution in [0.25, 0.3) is 10.8 Å². The molecule has 0 aromatic heterocycles.